The molecule has 12 aromatic heterocycles. The van der Waals surface area contributed by atoms with Gasteiger partial charge in [0.1, 0.15) is 0 Å². The Kier molecular flexibility index (Phi) is 27.1. The van der Waals surface area contributed by atoms with E-state index < -0.39 is 28.5 Å². The molecule has 12 rings (SSSR count). The summed E-state index contributed by atoms with van der Waals surface area (Å²) in [7, 11) is -6.28. The summed E-state index contributed by atoms with van der Waals surface area (Å²) < 4.78 is 22.5. The Bertz CT molecular complexity index is 4030. The van der Waals surface area contributed by atoms with Gasteiger partial charge in [0.15, 0.2) is 0 Å². The molecule has 0 saturated carbocycles. The number of hydrogen-bond donors (Lipinski definition) is 0. The molecule has 0 aliphatic rings. The molecule has 12 aromatic rings. The SMILES string of the molecule is Cc1nn([BH-](n2nc(C)c(Cl)c2C)n2nc(C)c(Cl)c2C)c(C)c1Cl.Cc1nn([BH-](n2nc(C)c(Cl)c2C)n2nc(C)c(Cl)c2C)c(C)c1Cl.Cc1nn([BH-](n2nc(C)c(Cl)c2C)n2nc(C)c(Cl)c2C)c(C)c1Cl.Cc1nn([BH-](n2nc(C)c(Cl)c2C)n2nc(C)c(Cl)c2C)c(C)c1Cl.[Ni+2].[Ni+2]. The van der Waals surface area contributed by atoms with Crippen molar-refractivity contribution in [2.45, 2.75) is 166 Å². The van der Waals surface area contributed by atoms with Gasteiger partial charge in [-0.05, 0) is 166 Å². The number of aromatic nitrogens is 24. The van der Waals surface area contributed by atoms with Gasteiger partial charge in [-0.15, -0.1) is 0 Å². The van der Waals surface area contributed by atoms with Gasteiger partial charge in [-0.3, -0.25) is 0 Å². The van der Waals surface area contributed by atoms with Gasteiger partial charge in [-0.25, -0.2) is 61.2 Å². The molecule has 0 saturated heterocycles. The fourth-order valence-corrected chi connectivity index (χ4v) is 14.6. The van der Waals surface area contributed by atoms with Crippen LogP contribution in [0.2, 0.25) is 60.3 Å². The summed E-state index contributed by atoms with van der Waals surface area (Å²) in [5, 5.41) is 63.3. The van der Waals surface area contributed by atoms with E-state index in [1.807, 2.05) is 221 Å². The van der Waals surface area contributed by atoms with Crippen molar-refractivity contribution in [2.75, 3.05) is 0 Å². The summed E-state index contributed by atoms with van der Waals surface area (Å²) in [5.41, 5.74) is 19.4. The molecular weight excluding hydrogens is 1640 g/mol. The molecule has 0 aliphatic heterocycles. The van der Waals surface area contributed by atoms with Crippen LogP contribution in [0, 0.1) is 166 Å². The minimum Gasteiger partial charge on any atom is -0.399 e. The predicted octanol–water partition coefficient (Wildman–Crippen LogP) is 15.0. The van der Waals surface area contributed by atoms with Gasteiger partial charge in [0.05, 0.1) is 129 Å². The first-order chi connectivity index (χ1) is 46.6. The van der Waals surface area contributed by atoms with E-state index in [1.165, 1.54) is 0 Å². The van der Waals surface area contributed by atoms with E-state index in [4.69, 9.17) is 139 Å². The van der Waals surface area contributed by atoms with Crippen LogP contribution in [0.15, 0.2) is 0 Å². The van der Waals surface area contributed by atoms with Crippen LogP contribution in [0.25, 0.3) is 0 Å². The van der Waals surface area contributed by atoms with Crippen molar-refractivity contribution in [3.8, 4) is 0 Å². The van der Waals surface area contributed by atoms with Crippen LogP contribution in [-0.2, 0) is 33.0 Å². The van der Waals surface area contributed by atoms with E-state index in [0.29, 0.717) is 60.3 Å². The van der Waals surface area contributed by atoms with E-state index in [9.17, 15) is 0 Å². The van der Waals surface area contributed by atoms with Crippen molar-refractivity contribution >= 4 is 168 Å². The summed E-state index contributed by atoms with van der Waals surface area (Å²) in [6, 6.07) is 0. The molecule has 0 bridgehead atoms. The predicted molar refractivity (Wildman–Crippen MR) is 414 cm³/mol. The Morgan fingerprint density at radius 3 is 0.245 bits per heavy atom. The summed E-state index contributed by atoms with van der Waals surface area (Å²) in [6.07, 6.45) is 0. The number of halogens is 12. The Hall–Kier alpha value is -4.75. The second-order valence-corrected chi connectivity index (χ2v) is 30.0. The van der Waals surface area contributed by atoms with Gasteiger partial charge < -0.3 is 55.1 Å². The molecule has 0 amide bonds. The van der Waals surface area contributed by atoms with Crippen molar-refractivity contribution in [3.63, 3.8) is 0 Å². The molecule has 0 fully saturated rings. The maximum Gasteiger partial charge on any atom is 2.00 e. The standard InChI is InChI=1S/4C15H19BCl3N6.2Ni/c4*1-7-13(17)10(4)23(20-7)16(24-11(5)14(18)8(2)21-24)25-12(6)15(19)9(3)22-25;;/h4*16H,1-6H3;;/q4*-1;2*+2. The second kappa shape index (κ2) is 32.8. The van der Waals surface area contributed by atoms with Gasteiger partial charge in [-0.1, -0.05) is 139 Å². The maximum absolute atomic E-state index is 6.39. The molecule has 0 atom stereocenters. The smallest absolute Gasteiger partial charge is 0.399 e. The van der Waals surface area contributed by atoms with Crippen LogP contribution >= 0.6 is 139 Å². The topological polar surface area (TPSA) is 214 Å². The third kappa shape index (κ3) is 15.3. The monoisotopic (exact) mass is 1710 g/mol. The number of aryl methyl sites for hydroxylation is 12. The van der Waals surface area contributed by atoms with E-state index >= 15 is 0 Å². The van der Waals surface area contributed by atoms with Crippen LogP contribution < -0.4 is 0 Å². The van der Waals surface area contributed by atoms with E-state index in [0.717, 1.165) is 137 Å². The summed E-state index contributed by atoms with van der Waals surface area (Å²) in [6.45, 7) is 45.8. The minimum absolute atomic E-state index is 0. The second-order valence-electron chi connectivity index (χ2n) is 25.5. The van der Waals surface area contributed by atoms with Crippen LogP contribution in [0.5, 0.6) is 0 Å². The van der Waals surface area contributed by atoms with Gasteiger partial charge in [0.2, 0.25) is 0 Å². The molecule has 0 N–H and O–H groups in total. The number of nitrogens with zero attached hydrogens (tertiary/aromatic N) is 24. The van der Waals surface area contributed by atoms with Crippen LogP contribution in [0.1, 0.15) is 137 Å². The number of rotatable bonds is 12. The van der Waals surface area contributed by atoms with E-state index in [1.54, 1.807) is 0 Å². The summed E-state index contributed by atoms with van der Waals surface area (Å²) >= 11 is 76.7. The fraction of sp³-hybridized carbons (Fsp3) is 0.400. The van der Waals surface area contributed by atoms with Gasteiger partial charge >= 0.3 is 61.5 Å². The Morgan fingerprint density at radius 2 is 0.206 bits per heavy atom. The molecule has 42 heteroatoms. The molecular formula is C60H76B4Cl12N24Ni2. The zero-order chi connectivity index (χ0) is 74.5. The molecule has 0 spiro atoms. The molecule has 24 nitrogen and oxygen atoms in total. The zero-order valence-corrected chi connectivity index (χ0v) is 71.8. The van der Waals surface area contributed by atoms with Crippen LogP contribution in [0.4, 0.5) is 0 Å². The molecule has 12 heterocycles. The molecule has 0 aliphatic carbocycles. The van der Waals surface area contributed by atoms with Crippen LogP contribution in [-0.4, -0.2) is 145 Å². The maximum atomic E-state index is 6.39. The third-order valence-electron chi connectivity index (χ3n) is 18.7. The molecule has 0 aromatic carbocycles. The van der Waals surface area contributed by atoms with Crippen molar-refractivity contribution in [3.05, 3.63) is 197 Å². The average Bonchev–Trinajstić information content (AvgIpc) is 1.62. The van der Waals surface area contributed by atoms with Gasteiger partial charge in [0, 0.05) is 68.3 Å². The van der Waals surface area contributed by atoms with Crippen molar-refractivity contribution in [1.82, 2.24) is 116 Å². The Balaban J connectivity index is 0.000000189. The van der Waals surface area contributed by atoms with E-state index in [-0.39, 0.29) is 33.0 Å². The first-order valence-electron chi connectivity index (χ1n) is 31.8. The third-order valence-corrected chi connectivity index (χ3v) is 25.3. The van der Waals surface area contributed by atoms with E-state index in [2.05, 4.69) is 61.2 Å². The van der Waals surface area contributed by atoms with Crippen LogP contribution in [0.3, 0.4) is 0 Å². The fourth-order valence-electron chi connectivity index (χ4n) is 12.9. The normalized spacial score (nSPS) is 11.5. The molecule has 552 valence electrons. The summed E-state index contributed by atoms with van der Waals surface area (Å²) in [4.78, 5) is 0. The molecule has 0 unspecified atom stereocenters. The molecule has 0 radical (unpaired) electrons. The Morgan fingerprint density at radius 1 is 0.147 bits per heavy atom. The molecule has 102 heavy (non-hydrogen) atoms. The zero-order valence-electron chi connectivity index (χ0n) is 60.7. The van der Waals surface area contributed by atoms with Crippen molar-refractivity contribution in [2.24, 2.45) is 0 Å². The minimum atomic E-state index is -1.57. The van der Waals surface area contributed by atoms with Gasteiger partial charge in [0.25, 0.3) is 0 Å². The van der Waals surface area contributed by atoms with Gasteiger partial charge in [-0.2, -0.15) is 0 Å². The summed E-state index contributed by atoms with van der Waals surface area (Å²) in [5.74, 6) is 0. The largest absolute Gasteiger partial charge is 2.00 e. The average molecular weight is 1720 g/mol. The number of hydrogen-bond acceptors (Lipinski definition) is 12. The first kappa shape index (κ1) is 84.5. The quantitative estimate of drug-likeness (QED) is 0.104. The first-order valence-corrected chi connectivity index (χ1v) is 36.4. The Labute approximate surface area is 673 Å². The van der Waals surface area contributed by atoms with Crippen molar-refractivity contribution in [1.29, 1.82) is 0 Å². The van der Waals surface area contributed by atoms with Crippen molar-refractivity contribution < 1.29 is 33.0 Å².